The van der Waals surface area contributed by atoms with Gasteiger partial charge >= 0.3 is 0 Å². The Morgan fingerprint density at radius 3 is 3.12 bits per heavy atom. The third-order valence-electron chi connectivity index (χ3n) is 2.85. The molecule has 1 heterocycles. The van der Waals surface area contributed by atoms with Gasteiger partial charge in [-0.05, 0) is 30.9 Å². The molecule has 3 nitrogen and oxygen atoms in total. The predicted octanol–water partition coefficient (Wildman–Crippen LogP) is 2.65. The molecule has 1 fully saturated rings. The molecule has 2 rings (SSSR count). The molecule has 1 aromatic rings. The van der Waals surface area contributed by atoms with Crippen LogP contribution in [0.5, 0.6) is 0 Å². The Kier molecular flexibility index (Phi) is 3.44. The van der Waals surface area contributed by atoms with E-state index in [-0.39, 0.29) is 5.91 Å². The Hall–Kier alpha value is -1.09. The van der Waals surface area contributed by atoms with Crippen molar-refractivity contribution < 1.29 is 4.79 Å². The lowest BCUT2D eigenvalue weighted by Crippen LogP contribution is -2.27. The number of pyridine rings is 1. The van der Waals surface area contributed by atoms with Gasteiger partial charge in [-0.25, -0.2) is 4.98 Å². The van der Waals surface area contributed by atoms with Gasteiger partial charge in [-0.15, -0.1) is 0 Å². The molecule has 4 heteroatoms. The van der Waals surface area contributed by atoms with Crippen LogP contribution in [0.25, 0.3) is 0 Å². The van der Waals surface area contributed by atoms with Crippen molar-refractivity contribution in [2.24, 2.45) is 5.92 Å². The summed E-state index contributed by atoms with van der Waals surface area (Å²) in [6, 6.07) is 5.42. The standard InChI is InChI=1S/C12H15ClN2O/c1-2-4-8-7-10(8)15-12(16)9-5-3-6-11(13)14-9/h3,5-6,8,10H,2,4,7H2,1H3,(H,15,16). The van der Waals surface area contributed by atoms with E-state index in [1.54, 1.807) is 18.2 Å². The Morgan fingerprint density at radius 1 is 1.62 bits per heavy atom. The molecule has 1 amide bonds. The van der Waals surface area contributed by atoms with Crippen LogP contribution in [-0.4, -0.2) is 16.9 Å². The van der Waals surface area contributed by atoms with Crippen molar-refractivity contribution in [2.45, 2.75) is 32.2 Å². The van der Waals surface area contributed by atoms with Crippen LogP contribution in [-0.2, 0) is 0 Å². The third kappa shape index (κ3) is 2.73. The van der Waals surface area contributed by atoms with Gasteiger partial charge < -0.3 is 5.32 Å². The second-order valence-electron chi connectivity index (χ2n) is 4.21. The van der Waals surface area contributed by atoms with E-state index in [0.717, 1.165) is 6.42 Å². The molecule has 0 bridgehead atoms. The number of carbonyl (C=O) groups excluding carboxylic acids is 1. The number of nitrogens with one attached hydrogen (secondary N) is 1. The highest BCUT2D eigenvalue weighted by molar-refractivity contribution is 6.29. The summed E-state index contributed by atoms with van der Waals surface area (Å²) in [5.41, 5.74) is 0.398. The van der Waals surface area contributed by atoms with Crippen molar-refractivity contribution in [3.63, 3.8) is 0 Å². The third-order valence-corrected chi connectivity index (χ3v) is 3.06. The van der Waals surface area contributed by atoms with Crippen LogP contribution in [0, 0.1) is 5.92 Å². The number of carbonyl (C=O) groups is 1. The minimum absolute atomic E-state index is 0.119. The zero-order valence-corrected chi connectivity index (χ0v) is 10.00. The summed E-state index contributed by atoms with van der Waals surface area (Å²) in [6.45, 7) is 2.16. The van der Waals surface area contributed by atoms with Gasteiger partial charge in [-0.1, -0.05) is 31.0 Å². The molecule has 2 atom stereocenters. The molecular formula is C12H15ClN2O. The average molecular weight is 239 g/mol. The molecule has 1 saturated carbocycles. The SMILES string of the molecule is CCCC1CC1NC(=O)c1cccc(Cl)n1. The van der Waals surface area contributed by atoms with Gasteiger partial charge in [0.05, 0.1) is 0 Å². The summed E-state index contributed by atoms with van der Waals surface area (Å²) in [5.74, 6) is 0.541. The van der Waals surface area contributed by atoms with E-state index < -0.39 is 0 Å². The quantitative estimate of drug-likeness (QED) is 0.820. The molecule has 1 N–H and O–H groups in total. The van der Waals surface area contributed by atoms with Crippen molar-refractivity contribution in [1.29, 1.82) is 0 Å². The Bertz CT molecular complexity index is 394. The van der Waals surface area contributed by atoms with Gasteiger partial charge in [-0.2, -0.15) is 0 Å². The lowest BCUT2D eigenvalue weighted by molar-refractivity contribution is 0.0944. The van der Waals surface area contributed by atoms with Gasteiger partial charge in [-0.3, -0.25) is 4.79 Å². The summed E-state index contributed by atoms with van der Waals surface area (Å²) >= 11 is 5.73. The average Bonchev–Trinajstić information content (AvgIpc) is 2.97. The van der Waals surface area contributed by atoms with Crippen molar-refractivity contribution in [1.82, 2.24) is 10.3 Å². The molecule has 2 unspecified atom stereocenters. The van der Waals surface area contributed by atoms with Crippen LogP contribution in [0.2, 0.25) is 5.15 Å². The number of hydrogen-bond acceptors (Lipinski definition) is 2. The molecule has 1 aliphatic carbocycles. The molecule has 16 heavy (non-hydrogen) atoms. The van der Waals surface area contributed by atoms with E-state index in [9.17, 15) is 4.79 Å². The van der Waals surface area contributed by atoms with E-state index in [0.29, 0.717) is 22.8 Å². The minimum atomic E-state index is -0.119. The van der Waals surface area contributed by atoms with E-state index in [1.807, 2.05) is 0 Å². The fourth-order valence-electron chi connectivity index (χ4n) is 1.89. The summed E-state index contributed by atoms with van der Waals surface area (Å²) in [4.78, 5) is 15.7. The van der Waals surface area contributed by atoms with Gasteiger partial charge in [0.1, 0.15) is 10.8 Å². The maximum atomic E-state index is 11.8. The van der Waals surface area contributed by atoms with Crippen molar-refractivity contribution >= 4 is 17.5 Å². The molecule has 1 aromatic heterocycles. The summed E-state index contributed by atoms with van der Waals surface area (Å²) < 4.78 is 0. The Labute approximate surface area is 100 Å². The maximum Gasteiger partial charge on any atom is 0.270 e. The molecule has 0 aliphatic heterocycles. The van der Waals surface area contributed by atoms with Crippen molar-refractivity contribution in [2.75, 3.05) is 0 Å². The molecule has 1 aliphatic rings. The largest absolute Gasteiger partial charge is 0.348 e. The molecule has 0 aromatic carbocycles. The van der Waals surface area contributed by atoms with Crippen LogP contribution in [0.1, 0.15) is 36.7 Å². The first kappa shape index (κ1) is 11.4. The predicted molar refractivity (Wildman–Crippen MR) is 63.5 cm³/mol. The first-order chi connectivity index (χ1) is 7.70. The number of hydrogen-bond donors (Lipinski definition) is 1. The van der Waals surface area contributed by atoms with E-state index in [4.69, 9.17) is 11.6 Å². The highest BCUT2D eigenvalue weighted by Gasteiger charge is 2.37. The van der Waals surface area contributed by atoms with Crippen molar-refractivity contribution in [3.8, 4) is 0 Å². The van der Waals surface area contributed by atoms with Gasteiger partial charge in [0.2, 0.25) is 0 Å². The normalized spacial score (nSPS) is 22.9. The van der Waals surface area contributed by atoms with E-state index >= 15 is 0 Å². The maximum absolute atomic E-state index is 11.8. The molecule has 0 spiro atoms. The zero-order valence-electron chi connectivity index (χ0n) is 9.24. The van der Waals surface area contributed by atoms with Crippen LogP contribution in [0.4, 0.5) is 0 Å². The van der Waals surface area contributed by atoms with Crippen LogP contribution in [0.15, 0.2) is 18.2 Å². The summed E-state index contributed by atoms with van der Waals surface area (Å²) in [7, 11) is 0. The Balaban J connectivity index is 1.90. The monoisotopic (exact) mass is 238 g/mol. The van der Waals surface area contributed by atoms with E-state index in [2.05, 4.69) is 17.2 Å². The first-order valence-corrected chi connectivity index (χ1v) is 6.02. The van der Waals surface area contributed by atoms with Crippen LogP contribution in [0.3, 0.4) is 0 Å². The zero-order chi connectivity index (χ0) is 11.5. The second kappa shape index (κ2) is 4.83. The smallest absolute Gasteiger partial charge is 0.270 e. The van der Waals surface area contributed by atoms with Crippen LogP contribution >= 0.6 is 11.6 Å². The molecule has 0 radical (unpaired) electrons. The molecule has 0 saturated heterocycles. The fraction of sp³-hybridized carbons (Fsp3) is 0.500. The topological polar surface area (TPSA) is 42.0 Å². The molecule has 86 valence electrons. The fourth-order valence-corrected chi connectivity index (χ4v) is 2.06. The van der Waals surface area contributed by atoms with E-state index in [1.165, 1.54) is 12.8 Å². The van der Waals surface area contributed by atoms with Crippen LogP contribution < -0.4 is 5.32 Å². The van der Waals surface area contributed by atoms with Gasteiger partial charge in [0, 0.05) is 6.04 Å². The second-order valence-corrected chi connectivity index (χ2v) is 4.60. The van der Waals surface area contributed by atoms with Gasteiger partial charge in [0.15, 0.2) is 0 Å². The number of nitrogens with zero attached hydrogens (tertiary/aromatic N) is 1. The number of aromatic nitrogens is 1. The lowest BCUT2D eigenvalue weighted by atomic mass is 10.2. The number of amides is 1. The van der Waals surface area contributed by atoms with Crippen molar-refractivity contribution in [3.05, 3.63) is 29.0 Å². The highest BCUT2D eigenvalue weighted by Crippen LogP contribution is 2.34. The number of halogens is 1. The molecular weight excluding hydrogens is 224 g/mol. The highest BCUT2D eigenvalue weighted by atomic mass is 35.5. The first-order valence-electron chi connectivity index (χ1n) is 5.64. The Morgan fingerprint density at radius 2 is 2.44 bits per heavy atom. The summed E-state index contributed by atoms with van der Waals surface area (Å²) in [6.07, 6.45) is 3.46. The van der Waals surface area contributed by atoms with Gasteiger partial charge in [0.25, 0.3) is 5.91 Å². The minimum Gasteiger partial charge on any atom is -0.348 e. The number of rotatable bonds is 4. The summed E-state index contributed by atoms with van der Waals surface area (Å²) in [5, 5.41) is 3.33. The lowest BCUT2D eigenvalue weighted by Gasteiger charge is -2.03.